The average Bonchev–Trinajstić information content (AvgIpc) is 2.39. The van der Waals surface area contributed by atoms with Crippen LogP contribution in [-0.2, 0) is 14.3 Å². The maximum atomic E-state index is 11.7. The molecule has 1 fully saturated rings. The summed E-state index contributed by atoms with van der Waals surface area (Å²) < 4.78 is 5.48. The van der Waals surface area contributed by atoms with Gasteiger partial charge in [0.2, 0.25) is 5.91 Å². The average molecular weight is 270 g/mol. The Morgan fingerprint density at radius 1 is 1.32 bits per heavy atom. The van der Waals surface area contributed by atoms with Crippen LogP contribution in [-0.4, -0.2) is 61.5 Å². The second-order valence-electron chi connectivity index (χ2n) is 5.51. The van der Waals surface area contributed by atoms with Gasteiger partial charge in [0.25, 0.3) is 0 Å². The molecule has 1 rings (SSSR count). The van der Waals surface area contributed by atoms with Gasteiger partial charge in [-0.3, -0.25) is 14.5 Å². The molecule has 1 atom stereocenters. The van der Waals surface area contributed by atoms with E-state index in [0.717, 1.165) is 32.4 Å². The number of carbonyl (C=O) groups is 2. The van der Waals surface area contributed by atoms with Crippen molar-refractivity contribution in [1.82, 2.24) is 9.80 Å². The lowest BCUT2D eigenvalue weighted by Crippen LogP contribution is -2.43. The van der Waals surface area contributed by atoms with E-state index in [1.165, 1.54) is 0 Å². The summed E-state index contributed by atoms with van der Waals surface area (Å²) in [4.78, 5) is 27.0. The fraction of sp³-hybridized carbons (Fsp3) is 0.857. The number of esters is 1. The molecule has 110 valence electrons. The van der Waals surface area contributed by atoms with Crippen molar-refractivity contribution in [2.45, 2.75) is 39.2 Å². The zero-order valence-electron chi connectivity index (χ0n) is 12.5. The van der Waals surface area contributed by atoms with Gasteiger partial charge in [-0.2, -0.15) is 0 Å². The van der Waals surface area contributed by atoms with Crippen LogP contribution in [0.2, 0.25) is 0 Å². The first kappa shape index (κ1) is 16.0. The third-order valence-electron chi connectivity index (χ3n) is 3.69. The molecule has 0 spiro atoms. The van der Waals surface area contributed by atoms with Crippen LogP contribution in [0.5, 0.6) is 0 Å². The van der Waals surface area contributed by atoms with Crippen LogP contribution in [0.3, 0.4) is 0 Å². The van der Waals surface area contributed by atoms with E-state index in [0.29, 0.717) is 6.54 Å². The van der Waals surface area contributed by atoms with Crippen LogP contribution in [0.25, 0.3) is 0 Å². The highest BCUT2D eigenvalue weighted by molar-refractivity contribution is 5.77. The molecule has 1 aliphatic heterocycles. The molecule has 0 aromatic heterocycles. The Morgan fingerprint density at radius 2 is 1.89 bits per heavy atom. The normalized spacial score (nSPS) is 18.9. The zero-order chi connectivity index (χ0) is 14.4. The summed E-state index contributed by atoms with van der Waals surface area (Å²) in [5.74, 6) is 0.00807. The number of hydrogen-bond donors (Lipinski definition) is 0. The second-order valence-corrected chi connectivity index (χ2v) is 5.51. The van der Waals surface area contributed by atoms with Gasteiger partial charge < -0.3 is 9.64 Å². The number of ether oxygens (including phenoxy) is 1. The lowest BCUT2D eigenvalue weighted by Gasteiger charge is -2.32. The minimum Gasteiger partial charge on any atom is -0.462 e. The Kier molecular flexibility index (Phi) is 6.28. The van der Waals surface area contributed by atoms with Gasteiger partial charge in [-0.25, -0.2) is 0 Å². The molecular formula is C14H26N2O3. The third-order valence-corrected chi connectivity index (χ3v) is 3.69. The van der Waals surface area contributed by atoms with Crippen molar-refractivity contribution in [2.75, 3.05) is 33.7 Å². The number of likely N-dealkylation sites (N-methyl/N-ethyl adjacent to an activating group) is 1. The van der Waals surface area contributed by atoms with Gasteiger partial charge in [0.1, 0.15) is 6.10 Å². The largest absolute Gasteiger partial charge is 0.462 e. The fourth-order valence-electron chi connectivity index (χ4n) is 1.97. The number of carbonyl (C=O) groups excluding carboxylic acids is 2. The number of likely N-dealkylation sites (tertiary alicyclic amines) is 1. The second kappa shape index (κ2) is 7.48. The van der Waals surface area contributed by atoms with Gasteiger partial charge in [0, 0.05) is 27.2 Å². The summed E-state index contributed by atoms with van der Waals surface area (Å²) >= 11 is 0. The summed E-state index contributed by atoms with van der Waals surface area (Å²) in [6.07, 6.45) is 2.48. The fourth-order valence-corrected chi connectivity index (χ4v) is 1.97. The molecule has 1 heterocycles. The maximum absolute atomic E-state index is 11.7. The smallest absolute Gasteiger partial charge is 0.308 e. The number of piperidine rings is 1. The molecule has 5 heteroatoms. The minimum absolute atomic E-state index is 0.0200. The lowest BCUT2D eigenvalue weighted by atomic mass is 10.1. The van der Waals surface area contributed by atoms with Crippen LogP contribution in [0, 0.1) is 5.92 Å². The topological polar surface area (TPSA) is 49.9 Å². The zero-order valence-corrected chi connectivity index (χ0v) is 12.5. The Labute approximate surface area is 115 Å². The number of amides is 1. The number of hydrogen-bond acceptors (Lipinski definition) is 4. The van der Waals surface area contributed by atoms with Crippen molar-refractivity contribution in [3.05, 3.63) is 0 Å². The van der Waals surface area contributed by atoms with E-state index in [1.807, 2.05) is 13.8 Å². The maximum Gasteiger partial charge on any atom is 0.308 e. The van der Waals surface area contributed by atoms with E-state index in [1.54, 1.807) is 19.0 Å². The van der Waals surface area contributed by atoms with Crippen LogP contribution in [0.15, 0.2) is 0 Å². The van der Waals surface area contributed by atoms with Crippen molar-refractivity contribution in [3.8, 4) is 0 Å². The summed E-state index contributed by atoms with van der Waals surface area (Å²) in [5, 5.41) is 0. The Bertz CT molecular complexity index is 310. The van der Waals surface area contributed by atoms with Gasteiger partial charge >= 0.3 is 5.97 Å². The summed E-state index contributed by atoms with van der Waals surface area (Å²) in [6.45, 7) is 5.98. The van der Waals surface area contributed by atoms with Crippen molar-refractivity contribution in [3.63, 3.8) is 0 Å². The summed E-state index contributed by atoms with van der Waals surface area (Å²) in [5.41, 5.74) is 0. The van der Waals surface area contributed by atoms with E-state index in [9.17, 15) is 9.59 Å². The quantitative estimate of drug-likeness (QED) is 0.703. The molecule has 1 saturated heterocycles. The molecule has 0 aliphatic carbocycles. The molecule has 0 bridgehead atoms. The molecule has 0 aromatic carbocycles. The highest BCUT2D eigenvalue weighted by atomic mass is 16.5. The third kappa shape index (κ3) is 5.19. The molecule has 0 N–H and O–H groups in total. The van der Waals surface area contributed by atoms with Crippen LogP contribution < -0.4 is 0 Å². The van der Waals surface area contributed by atoms with Crippen molar-refractivity contribution >= 4 is 11.9 Å². The molecule has 19 heavy (non-hydrogen) atoms. The molecule has 0 aromatic rings. The van der Waals surface area contributed by atoms with Gasteiger partial charge in [-0.15, -0.1) is 0 Å². The van der Waals surface area contributed by atoms with Gasteiger partial charge in [-0.05, 0) is 19.3 Å². The van der Waals surface area contributed by atoms with Crippen molar-refractivity contribution in [1.29, 1.82) is 0 Å². The van der Waals surface area contributed by atoms with E-state index < -0.39 is 0 Å². The monoisotopic (exact) mass is 270 g/mol. The Balaban J connectivity index is 2.29. The predicted octanol–water partition coefficient (Wildman–Crippen LogP) is 1.13. The standard InChI is InChI=1S/C14H26N2O3/c1-5-11(2)14(18)19-12-6-8-16(9-7-12)10-13(17)15(3)4/h11-12H,5-10H2,1-4H3. The van der Waals surface area contributed by atoms with Gasteiger partial charge in [0.15, 0.2) is 0 Å². The predicted molar refractivity (Wildman–Crippen MR) is 73.7 cm³/mol. The number of rotatable bonds is 5. The molecule has 0 radical (unpaired) electrons. The van der Waals surface area contributed by atoms with Crippen LogP contribution in [0.4, 0.5) is 0 Å². The number of nitrogens with zero attached hydrogens (tertiary/aromatic N) is 2. The SMILES string of the molecule is CCC(C)C(=O)OC1CCN(CC(=O)N(C)C)CC1. The van der Waals surface area contributed by atoms with E-state index in [4.69, 9.17) is 4.74 Å². The summed E-state index contributed by atoms with van der Waals surface area (Å²) in [7, 11) is 3.53. The van der Waals surface area contributed by atoms with Gasteiger partial charge in [0.05, 0.1) is 12.5 Å². The highest BCUT2D eigenvalue weighted by Crippen LogP contribution is 2.16. The van der Waals surface area contributed by atoms with E-state index >= 15 is 0 Å². The summed E-state index contributed by atoms with van der Waals surface area (Å²) in [6, 6.07) is 0. The lowest BCUT2D eigenvalue weighted by molar-refractivity contribution is -0.156. The van der Waals surface area contributed by atoms with Crippen LogP contribution >= 0.6 is 0 Å². The van der Waals surface area contributed by atoms with E-state index in [2.05, 4.69) is 4.90 Å². The molecule has 1 amide bonds. The highest BCUT2D eigenvalue weighted by Gasteiger charge is 2.25. The molecule has 5 nitrogen and oxygen atoms in total. The molecular weight excluding hydrogens is 244 g/mol. The first-order chi connectivity index (χ1) is 8.93. The van der Waals surface area contributed by atoms with E-state index in [-0.39, 0.29) is 23.9 Å². The minimum atomic E-state index is -0.0923. The first-order valence-electron chi connectivity index (χ1n) is 7.07. The van der Waals surface area contributed by atoms with Gasteiger partial charge in [-0.1, -0.05) is 13.8 Å². The Hall–Kier alpha value is -1.10. The van der Waals surface area contributed by atoms with Crippen LogP contribution in [0.1, 0.15) is 33.1 Å². The molecule has 0 saturated carbocycles. The Morgan fingerprint density at radius 3 is 2.37 bits per heavy atom. The van der Waals surface area contributed by atoms with Crippen molar-refractivity contribution in [2.24, 2.45) is 5.92 Å². The first-order valence-corrected chi connectivity index (χ1v) is 7.07. The molecule has 1 aliphatic rings. The van der Waals surface area contributed by atoms with Crippen molar-refractivity contribution < 1.29 is 14.3 Å². The molecule has 1 unspecified atom stereocenters.